The molecule has 0 unspecified atom stereocenters. The molecular weight excluding hydrogens is 338 g/mol. The average Bonchev–Trinajstić information content (AvgIpc) is 2.66. The number of amides is 1. The van der Waals surface area contributed by atoms with Crippen molar-refractivity contribution in [3.8, 4) is 5.75 Å². The second kappa shape index (κ2) is 7.91. The van der Waals surface area contributed by atoms with E-state index in [1.807, 2.05) is 43.3 Å². The average molecular weight is 361 g/mol. The lowest BCUT2D eigenvalue weighted by atomic mass is 10.1. The Labute approximate surface area is 159 Å². The van der Waals surface area contributed by atoms with Crippen LogP contribution in [0.25, 0.3) is 0 Å². The maximum atomic E-state index is 12.7. The second-order valence-electron chi connectivity index (χ2n) is 6.46. The van der Waals surface area contributed by atoms with Crippen molar-refractivity contribution in [2.45, 2.75) is 20.8 Å². The summed E-state index contributed by atoms with van der Waals surface area (Å²) in [7, 11) is 1.58. The quantitative estimate of drug-likeness (QED) is 0.670. The van der Waals surface area contributed by atoms with Crippen molar-refractivity contribution in [2.24, 2.45) is 0 Å². The lowest BCUT2D eigenvalue weighted by Gasteiger charge is -2.13. The fourth-order valence-corrected chi connectivity index (χ4v) is 2.78. The first kappa shape index (κ1) is 18.5. The molecule has 3 rings (SSSR count). The Hall–Kier alpha value is -3.34. The summed E-state index contributed by atoms with van der Waals surface area (Å²) in [4.78, 5) is 16.9. The number of carbonyl (C=O) groups is 1. The predicted octanol–water partition coefficient (Wildman–Crippen LogP) is 5.01. The van der Waals surface area contributed by atoms with Gasteiger partial charge in [-0.15, -0.1) is 0 Å². The van der Waals surface area contributed by atoms with Crippen LogP contribution in [0.2, 0.25) is 0 Å². The fourth-order valence-electron chi connectivity index (χ4n) is 2.78. The van der Waals surface area contributed by atoms with Crippen molar-refractivity contribution in [2.75, 3.05) is 17.7 Å². The molecule has 1 heterocycles. The number of hydrogen-bond acceptors (Lipinski definition) is 4. The summed E-state index contributed by atoms with van der Waals surface area (Å²) in [5, 5.41) is 6.24. The van der Waals surface area contributed by atoms with Crippen molar-refractivity contribution >= 4 is 23.0 Å². The molecule has 0 radical (unpaired) electrons. The number of carbonyl (C=O) groups excluding carboxylic acids is 1. The minimum atomic E-state index is -0.288. The Balaban J connectivity index is 1.82. The van der Waals surface area contributed by atoms with Gasteiger partial charge in [0.25, 0.3) is 5.91 Å². The van der Waals surface area contributed by atoms with Gasteiger partial charge in [0, 0.05) is 17.6 Å². The van der Waals surface area contributed by atoms with E-state index in [2.05, 4.69) is 35.5 Å². The zero-order valence-electron chi connectivity index (χ0n) is 16.0. The fraction of sp³-hybridized carbons (Fsp3) is 0.182. The van der Waals surface area contributed by atoms with Gasteiger partial charge >= 0.3 is 0 Å². The summed E-state index contributed by atoms with van der Waals surface area (Å²) in [6.45, 7) is 6.10. The molecule has 0 bridgehead atoms. The van der Waals surface area contributed by atoms with Gasteiger partial charge in [-0.1, -0.05) is 18.2 Å². The molecule has 27 heavy (non-hydrogen) atoms. The van der Waals surface area contributed by atoms with Gasteiger partial charge in [0.05, 0.1) is 12.8 Å². The highest BCUT2D eigenvalue weighted by atomic mass is 16.5. The Bertz CT molecular complexity index is 983. The van der Waals surface area contributed by atoms with E-state index in [1.54, 1.807) is 19.4 Å². The molecule has 138 valence electrons. The smallest absolute Gasteiger partial charge is 0.274 e. The molecule has 5 nitrogen and oxygen atoms in total. The van der Waals surface area contributed by atoms with E-state index in [4.69, 9.17) is 4.74 Å². The predicted molar refractivity (Wildman–Crippen MR) is 109 cm³/mol. The highest BCUT2D eigenvalue weighted by Gasteiger charge is 2.12. The molecular formula is C22H23N3O2. The van der Waals surface area contributed by atoms with Gasteiger partial charge in [-0.05, 0) is 67.8 Å². The molecule has 0 spiro atoms. The van der Waals surface area contributed by atoms with Crippen LogP contribution >= 0.6 is 0 Å². The van der Waals surface area contributed by atoms with Gasteiger partial charge in [0.15, 0.2) is 0 Å². The van der Waals surface area contributed by atoms with E-state index in [0.717, 1.165) is 16.9 Å². The van der Waals surface area contributed by atoms with Crippen LogP contribution < -0.4 is 15.4 Å². The topological polar surface area (TPSA) is 63.2 Å². The summed E-state index contributed by atoms with van der Waals surface area (Å²) in [6, 6.07) is 15.3. The maximum Gasteiger partial charge on any atom is 0.274 e. The van der Waals surface area contributed by atoms with Crippen molar-refractivity contribution < 1.29 is 9.53 Å². The minimum Gasteiger partial charge on any atom is -0.495 e. The highest BCUT2D eigenvalue weighted by Crippen LogP contribution is 2.26. The van der Waals surface area contributed by atoms with Crippen molar-refractivity contribution in [1.82, 2.24) is 4.98 Å². The molecule has 1 aromatic heterocycles. The van der Waals surface area contributed by atoms with Crippen molar-refractivity contribution in [1.29, 1.82) is 0 Å². The van der Waals surface area contributed by atoms with Crippen LogP contribution in [0.4, 0.5) is 17.1 Å². The number of rotatable bonds is 5. The molecule has 3 aromatic rings. The van der Waals surface area contributed by atoms with E-state index in [0.29, 0.717) is 17.1 Å². The number of benzene rings is 2. The summed E-state index contributed by atoms with van der Waals surface area (Å²) in [6.07, 6.45) is 1.62. The molecule has 0 aliphatic carbocycles. The van der Waals surface area contributed by atoms with Gasteiger partial charge < -0.3 is 15.4 Å². The zero-order valence-corrected chi connectivity index (χ0v) is 16.0. The van der Waals surface area contributed by atoms with Crippen LogP contribution in [0.5, 0.6) is 5.75 Å². The Morgan fingerprint density at radius 2 is 1.81 bits per heavy atom. The lowest BCUT2D eigenvalue weighted by molar-refractivity contribution is 0.102. The first-order chi connectivity index (χ1) is 13.0. The standard InChI is InChI=1S/C22H23N3O2/c1-14-8-9-21(27-4)19(12-14)25-22(26)20-13-17(10-11-23-20)24-18-7-5-6-15(2)16(18)3/h5-13H,1-4H3,(H,23,24)(H,25,26). The summed E-state index contributed by atoms with van der Waals surface area (Å²) in [5.41, 5.74) is 6.17. The van der Waals surface area contributed by atoms with Crippen LogP contribution in [0.1, 0.15) is 27.2 Å². The molecule has 2 aromatic carbocycles. The molecule has 0 saturated heterocycles. The Morgan fingerprint density at radius 1 is 1.00 bits per heavy atom. The third kappa shape index (κ3) is 4.26. The summed E-state index contributed by atoms with van der Waals surface area (Å²) in [5.74, 6) is 0.321. The largest absolute Gasteiger partial charge is 0.495 e. The Kier molecular flexibility index (Phi) is 5.41. The SMILES string of the molecule is COc1ccc(C)cc1NC(=O)c1cc(Nc2cccc(C)c2C)ccn1. The molecule has 0 aliphatic rings. The normalized spacial score (nSPS) is 10.4. The molecule has 0 atom stereocenters. The first-order valence-electron chi connectivity index (χ1n) is 8.73. The number of ether oxygens (including phenoxy) is 1. The maximum absolute atomic E-state index is 12.7. The third-order valence-electron chi connectivity index (χ3n) is 4.48. The second-order valence-corrected chi connectivity index (χ2v) is 6.46. The van der Waals surface area contributed by atoms with Crippen LogP contribution in [0.15, 0.2) is 54.7 Å². The van der Waals surface area contributed by atoms with Crippen molar-refractivity contribution in [3.05, 3.63) is 77.1 Å². The van der Waals surface area contributed by atoms with E-state index in [1.165, 1.54) is 11.1 Å². The van der Waals surface area contributed by atoms with Gasteiger partial charge in [-0.25, -0.2) is 0 Å². The number of hydrogen-bond donors (Lipinski definition) is 2. The zero-order chi connectivity index (χ0) is 19.4. The minimum absolute atomic E-state index is 0.288. The van der Waals surface area contributed by atoms with Gasteiger partial charge in [-0.3, -0.25) is 9.78 Å². The Morgan fingerprint density at radius 3 is 2.59 bits per heavy atom. The lowest BCUT2D eigenvalue weighted by Crippen LogP contribution is -2.14. The third-order valence-corrected chi connectivity index (χ3v) is 4.48. The van der Waals surface area contributed by atoms with E-state index < -0.39 is 0 Å². The van der Waals surface area contributed by atoms with Gasteiger partial charge in [0.1, 0.15) is 11.4 Å². The molecule has 0 aliphatic heterocycles. The number of nitrogens with zero attached hydrogens (tertiary/aromatic N) is 1. The van der Waals surface area contributed by atoms with E-state index >= 15 is 0 Å². The van der Waals surface area contributed by atoms with E-state index in [9.17, 15) is 4.79 Å². The number of methoxy groups -OCH3 is 1. The van der Waals surface area contributed by atoms with Crippen molar-refractivity contribution in [3.63, 3.8) is 0 Å². The monoisotopic (exact) mass is 361 g/mol. The molecule has 5 heteroatoms. The van der Waals surface area contributed by atoms with Gasteiger partial charge in [-0.2, -0.15) is 0 Å². The molecule has 2 N–H and O–H groups in total. The van der Waals surface area contributed by atoms with Crippen LogP contribution in [-0.2, 0) is 0 Å². The molecule has 1 amide bonds. The van der Waals surface area contributed by atoms with Gasteiger partial charge in [0.2, 0.25) is 0 Å². The van der Waals surface area contributed by atoms with Crippen LogP contribution in [0.3, 0.4) is 0 Å². The number of pyridine rings is 1. The summed E-state index contributed by atoms with van der Waals surface area (Å²) < 4.78 is 5.32. The number of anilines is 3. The first-order valence-corrected chi connectivity index (χ1v) is 8.73. The highest BCUT2D eigenvalue weighted by molar-refractivity contribution is 6.04. The molecule has 0 fully saturated rings. The number of aromatic nitrogens is 1. The number of nitrogens with one attached hydrogen (secondary N) is 2. The molecule has 0 saturated carbocycles. The van der Waals surface area contributed by atoms with Crippen LogP contribution in [-0.4, -0.2) is 18.0 Å². The summed E-state index contributed by atoms with van der Waals surface area (Å²) >= 11 is 0. The van der Waals surface area contributed by atoms with Crippen LogP contribution in [0, 0.1) is 20.8 Å². The van der Waals surface area contributed by atoms with E-state index in [-0.39, 0.29) is 5.91 Å². The number of aryl methyl sites for hydroxylation is 2.